The average molecular weight is 602 g/mol. The summed E-state index contributed by atoms with van der Waals surface area (Å²) in [4.78, 5) is 59.2. The molecule has 0 aliphatic carbocycles. The van der Waals surface area contributed by atoms with Crippen LogP contribution in [0.15, 0.2) is 58.7 Å². The van der Waals surface area contributed by atoms with Crippen molar-refractivity contribution < 1.29 is 14.4 Å². The number of benzene rings is 1. The maximum absolute atomic E-state index is 13.8. The molecule has 3 aliphatic heterocycles. The zero-order chi connectivity index (χ0) is 30.1. The highest BCUT2D eigenvalue weighted by atomic mass is 32.1. The predicted octanol–water partition coefficient (Wildman–Crippen LogP) is 4.51. The molecule has 2 bridgehead atoms. The first-order valence-corrected chi connectivity index (χ1v) is 16.3. The standard InChI is InChI=1S/C33H39N5O4S/c1-3-35(4-2)33(42)24-8-6-14-36(20-24)32(41)23-12-13-28(26(17-23)34-31(40)29-10-7-15-43-29)37-18-22-16-25(21-37)27-9-5-11-30(39)38(27)19-22/h5,7,9-13,15,17,22,24-25H,3-4,6,8,14,16,18-21H2,1-2H3,(H,34,40). The topological polar surface area (TPSA) is 95.0 Å². The molecule has 3 aliphatic rings. The minimum absolute atomic E-state index is 0.0474. The Labute approximate surface area is 256 Å². The lowest BCUT2D eigenvalue weighted by Crippen LogP contribution is -2.47. The molecular weight excluding hydrogens is 562 g/mol. The number of nitrogens with zero attached hydrogens (tertiary/aromatic N) is 4. The van der Waals surface area contributed by atoms with Crippen molar-refractivity contribution in [3.8, 4) is 0 Å². The summed E-state index contributed by atoms with van der Waals surface area (Å²) >= 11 is 1.37. The normalized spacial score (nSPS) is 21.2. The van der Waals surface area contributed by atoms with Crippen LogP contribution in [-0.4, -0.2) is 71.4 Å². The van der Waals surface area contributed by atoms with Gasteiger partial charge in [0.2, 0.25) is 5.91 Å². The third-order valence-corrected chi connectivity index (χ3v) is 10.1. The predicted molar refractivity (Wildman–Crippen MR) is 169 cm³/mol. The SMILES string of the molecule is CCN(CC)C(=O)C1CCCN(C(=O)c2ccc(N3CC4CC(C3)c3cccc(=O)n3C4)c(NC(=O)c3cccs3)c2)C1. The molecule has 1 aromatic carbocycles. The molecule has 2 fully saturated rings. The average Bonchev–Trinajstić information content (AvgIpc) is 3.57. The summed E-state index contributed by atoms with van der Waals surface area (Å²) in [5.41, 5.74) is 3.07. The van der Waals surface area contributed by atoms with Crippen molar-refractivity contribution in [2.45, 2.75) is 45.6 Å². The molecule has 6 rings (SSSR count). The van der Waals surface area contributed by atoms with Gasteiger partial charge in [0.25, 0.3) is 17.4 Å². The number of anilines is 2. The van der Waals surface area contributed by atoms with Crippen molar-refractivity contribution in [3.63, 3.8) is 0 Å². The van der Waals surface area contributed by atoms with E-state index in [-0.39, 0.29) is 35.1 Å². The first-order valence-electron chi connectivity index (χ1n) is 15.4. The maximum Gasteiger partial charge on any atom is 0.265 e. The fourth-order valence-corrected chi connectivity index (χ4v) is 7.69. The van der Waals surface area contributed by atoms with Gasteiger partial charge in [-0.1, -0.05) is 12.1 Å². The van der Waals surface area contributed by atoms with Gasteiger partial charge in [0.15, 0.2) is 0 Å². The number of carbonyl (C=O) groups excluding carboxylic acids is 3. The van der Waals surface area contributed by atoms with E-state index in [2.05, 4.69) is 10.2 Å². The number of amides is 3. The van der Waals surface area contributed by atoms with Crippen LogP contribution in [0.25, 0.3) is 0 Å². The third-order valence-electron chi connectivity index (χ3n) is 9.19. The summed E-state index contributed by atoms with van der Waals surface area (Å²) in [6.45, 7) is 8.45. The first-order chi connectivity index (χ1) is 20.9. The fraction of sp³-hybridized carbons (Fsp3) is 0.455. The Bertz CT molecular complexity index is 1560. The summed E-state index contributed by atoms with van der Waals surface area (Å²) in [6.07, 6.45) is 2.59. The van der Waals surface area contributed by atoms with Crippen LogP contribution in [0, 0.1) is 11.8 Å². The molecule has 2 aromatic heterocycles. The number of thiophene rings is 1. The van der Waals surface area contributed by atoms with E-state index in [1.165, 1.54) is 11.3 Å². The van der Waals surface area contributed by atoms with E-state index in [0.29, 0.717) is 54.8 Å². The van der Waals surface area contributed by atoms with Crippen molar-refractivity contribution in [1.82, 2.24) is 14.4 Å². The lowest BCUT2D eigenvalue weighted by molar-refractivity contribution is -0.136. The largest absolute Gasteiger partial charge is 0.369 e. The Kier molecular flexibility index (Phi) is 8.38. The van der Waals surface area contributed by atoms with E-state index in [9.17, 15) is 19.2 Å². The van der Waals surface area contributed by atoms with E-state index in [1.54, 1.807) is 23.1 Å². The first kappa shape index (κ1) is 29.2. The van der Waals surface area contributed by atoms with Gasteiger partial charge in [-0.15, -0.1) is 11.3 Å². The van der Waals surface area contributed by atoms with Gasteiger partial charge in [-0.25, -0.2) is 0 Å². The van der Waals surface area contributed by atoms with Crippen molar-refractivity contribution in [3.05, 3.63) is 80.4 Å². The van der Waals surface area contributed by atoms with Crippen LogP contribution in [0.4, 0.5) is 11.4 Å². The second-order valence-corrected chi connectivity index (χ2v) is 12.8. The van der Waals surface area contributed by atoms with E-state index >= 15 is 0 Å². The minimum atomic E-state index is -0.210. The van der Waals surface area contributed by atoms with E-state index in [0.717, 1.165) is 43.7 Å². The molecule has 10 heteroatoms. The molecule has 43 heavy (non-hydrogen) atoms. The van der Waals surface area contributed by atoms with Gasteiger partial charge in [-0.05, 0) is 74.7 Å². The quantitative estimate of drug-likeness (QED) is 0.430. The van der Waals surface area contributed by atoms with Gasteiger partial charge in [0, 0.05) is 69.1 Å². The number of hydrogen-bond donors (Lipinski definition) is 1. The number of likely N-dealkylation sites (tertiary alicyclic amines) is 1. The Morgan fingerprint density at radius 1 is 1.00 bits per heavy atom. The van der Waals surface area contributed by atoms with Crippen LogP contribution < -0.4 is 15.8 Å². The minimum Gasteiger partial charge on any atom is -0.369 e. The van der Waals surface area contributed by atoms with Crippen molar-refractivity contribution >= 4 is 40.4 Å². The number of hydrogen-bond acceptors (Lipinski definition) is 6. The molecule has 226 valence electrons. The molecule has 0 spiro atoms. The highest BCUT2D eigenvalue weighted by Crippen LogP contribution is 2.39. The van der Waals surface area contributed by atoms with Crippen LogP contribution in [0.2, 0.25) is 0 Å². The second kappa shape index (κ2) is 12.4. The summed E-state index contributed by atoms with van der Waals surface area (Å²) in [5, 5.41) is 4.97. The number of carbonyl (C=O) groups is 3. The zero-order valence-electron chi connectivity index (χ0n) is 24.8. The lowest BCUT2D eigenvalue weighted by Gasteiger charge is -2.44. The second-order valence-electron chi connectivity index (χ2n) is 11.9. The molecule has 9 nitrogen and oxygen atoms in total. The summed E-state index contributed by atoms with van der Waals surface area (Å²) in [6, 6.07) is 14.7. The molecule has 3 atom stereocenters. The van der Waals surface area contributed by atoms with E-state index in [1.807, 2.05) is 59.0 Å². The summed E-state index contributed by atoms with van der Waals surface area (Å²) < 4.78 is 1.91. The van der Waals surface area contributed by atoms with Crippen LogP contribution >= 0.6 is 11.3 Å². The number of nitrogens with one attached hydrogen (secondary N) is 1. The molecule has 3 aromatic rings. The highest BCUT2D eigenvalue weighted by molar-refractivity contribution is 7.12. The summed E-state index contributed by atoms with van der Waals surface area (Å²) in [7, 11) is 0. The molecule has 2 saturated heterocycles. The number of fused-ring (bicyclic) bond motifs is 4. The Balaban J connectivity index is 1.28. The molecule has 3 unspecified atom stereocenters. The van der Waals surface area contributed by atoms with E-state index in [4.69, 9.17) is 0 Å². The molecule has 5 heterocycles. The van der Waals surface area contributed by atoms with Gasteiger partial charge in [-0.3, -0.25) is 19.2 Å². The number of pyridine rings is 1. The molecule has 3 amide bonds. The van der Waals surface area contributed by atoms with Gasteiger partial charge in [-0.2, -0.15) is 0 Å². The zero-order valence-corrected chi connectivity index (χ0v) is 25.6. The van der Waals surface area contributed by atoms with Gasteiger partial charge < -0.3 is 24.6 Å². The van der Waals surface area contributed by atoms with Gasteiger partial charge in [0.1, 0.15) is 0 Å². The third kappa shape index (κ3) is 5.85. The maximum atomic E-state index is 13.8. The van der Waals surface area contributed by atoms with Gasteiger partial charge in [0.05, 0.1) is 22.2 Å². The van der Waals surface area contributed by atoms with Crippen molar-refractivity contribution in [2.75, 3.05) is 49.5 Å². The molecule has 1 N–H and O–H groups in total. The number of aromatic nitrogens is 1. The molecule has 0 saturated carbocycles. The van der Waals surface area contributed by atoms with Crippen LogP contribution in [-0.2, 0) is 11.3 Å². The summed E-state index contributed by atoms with van der Waals surface area (Å²) in [5.74, 6) is 0.0930. The van der Waals surface area contributed by atoms with Gasteiger partial charge >= 0.3 is 0 Å². The Hall–Kier alpha value is -3.92. The Morgan fingerprint density at radius 3 is 2.60 bits per heavy atom. The smallest absolute Gasteiger partial charge is 0.265 e. The fourth-order valence-electron chi connectivity index (χ4n) is 7.07. The van der Waals surface area contributed by atoms with E-state index < -0.39 is 0 Å². The van der Waals surface area contributed by atoms with Crippen LogP contribution in [0.3, 0.4) is 0 Å². The van der Waals surface area contributed by atoms with Crippen LogP contribution in [0.5, 0.6) is 0 Å². The lowest BCUT2D eigenvalue weighted by atomic mass is 9.83. The Morgan fingerprint density at radius 2 is 1.84 bits per heavy atom. The molecule has 0 radical (unpaired) electrons. The highest BCUT2D eigenvalue weighted by Gasteiger charge is 2.36. The van der Waals surface area contributed by atoms with Crippen molar-refractivity contribution in [2.24, 2.45) is 11.8 Å². The van der Waals surface area contributed by atoms with Crippen molar-refractivity contribution in [1.29, 1.82) is 0 Å². The molecular formula is C33H39N5O4S. The number of rotatable bonds is 7. The van der Waals surface area contributed by atoms with Crippen LogP contribution in [0.1, 0.15) is 64.8 Å². The number of piperidine rings is 2. The monoisotopic (exact) mass is 601 g/mol.